The highest BCUT2D eigenvalue weighted by Gasteiger charge is 2.18. The molecule has 1 aromatic rings. The van der Waals surface area contributed by atoms with Crippen molar-refractivity contribution >= 4 is 17.7 Å². The average molecular weight is 256 g/mol. The number of hydrogen-bond donors (Lipinski definition) is 3. The summed E-state index contributed by atoms with van der Waals surface area (Å²) >= 11 is 0. The zero-order valence-electron chi connectivity index (χ0n) is 9.68. The summed E-state index contributed by atoms with van der Waals surface area (Å²) in [5.74, 6) is -2.39. The van der Waals surface area contributed by atoms with Gasteiger partial charge in [-0.05, 0) is 12.1 Å². The Morgan fingerprint density at radius 3 is 2.67 bits per heavy atom. The summed E-state index contributed by atoms with van der Waals surface area (Å²) in [5, 5.41) is 19.8. The summed E-state index contributed by atoms with van der Waals surface area (Å²) in [5.41, 5.74) is -0.722. The van der Waals surface area contributed by atoms with Crippen LogP contribution in [0.25, 0.3) is 0 Å². The van der Waals surface area contributed by atoms with Gasteiger partial charge < -0.3 is 20.4 Å². The highest BCUT2D eigenvalue weighted by atomic mass is 19.1. The lowest BCUT2D eigenvalue weighted by atomic mass is 10.1. The van der Waals surface area contributed by atoms with Crippen molar-refractivity contribution in [1.82, 2.24) is 4.90 Å². The van der Waals surface area contributed by atoms with Gasteiger partial charge in [0.25, 0.3) is 0 Å². The number of halogens is 1. The third-order valence-corrected chi connectivity index (χ3v) is 2.25. The number of aromatic carboxylic acids is 1. The van der Waals surface area contributed by atoms with Gasteiger partial charge in [-0.25, -0.2) is 14.0 Å². The van der Waals surface area contributed by atoms with Gasteiger partial charge in [-0.15, -0.1) is 0 Å². The Morgan fingerprint density at radius 2 is 2.11 bits per heavy atom. The van der Waals surface area contributed by atoms with Crippen LogP contribution >= 0.6 is 0 Å². The number of aliphatic hydroxyl groups excluding tert-OH is 1. The van der Waals surface area contributed by atoms with Crippen LogP contribution in [-0.4, -0.2) is 47.3 Å². The van der Waals surface area contributed by atoms with E-state index in [4.69, 9.17) is 10.2 Å². The Hall–Kier alpha value is -2.15. The number of carboxylic acid groups (broad SMARTS) is 1. The molecule has 0 spiro atoms. The molecule has 0 aliphatic carbocycles. The first-order valence-electron chi connectivity index (χ1n) is 5.12. The molecular formula is C11H13FN2O4. The molecule has 0 fully saturated rings. The van der Waals surface area contributed by atoms with Crippen LogP contribution in [0.4, 0.5) is 14.9 Å². The molecule has 0 bridgehead atoms. The molecule has 0 atom stereocenters. The number of rotatable bonds is 4. The second-order valence-corrected chi connectivity index (χ2v) is 3.54. The predicted molar refractivity (Wildman–Crippen MR) is 62.1 cm³/mol. The Labute approximate surface area is 103 Å². The molecule has 2 amide bonds. The van der Waals surface area contributed by atoms with Crippen molar-refractivity contribution < 1.29 is 24.2 Å². The number of carbonyl (C=O) groups excluding carboxylic acids is 1. The fraction of sp³-hybridized carbons (Fsp3) is 0.273. The fourth-order valence-corrected chi connectivity index (χ4v) is 1.31. The van der Waals surface area contributed by atoms with Crippen molar-refractivity contribution in [2.75, 3.05) is 25.5 Å². The molecule has 0 heterocycles. The molecule has 0 saturated carbocycles. The van der Waals surface area contributed by atoms with E-state index in [2.05, 4.69) is 5.32 Å². The minimum absolute atomic E-state index is 0.0869. The molecule has 7 heteroatoms. The highest BCUT2D eigenvalue weighted by molar-refractivity contribution is 6.00. The van der Waals surface area contributed by atoms with Gasteiger partial charge in [0.15, 0.2) is 0 Å². The van der Waals surface area contributed by atoms with Crippen molar-refractivity contribution in [2.24, 2.45) is 0 Å². The summed E-state index contributed by atoms with van der Waals surface area (Å²) in [7, 11) is 1.42. The van der Waals surface area contributed by atoms with Crippen LogP contribution in [0.1, 0.15) is 10.4 Å². The molecule has 0 aromatic heterocycles. The number of nitrogens with one attached hydrogen (secondary N) is 1. The van der Waals surface area contributed by atoms with Crippen LogP contribution in [-0.2, 0) is 0 Å². The topological polar surface area (TPSA) is 89.9 Å². The number of urea groups is 1. The van der Waals surface area contributed by atoms with Gasteiger partial charge in [-0.1, -0.05) is 6.07 Å². The summed E-state index contributed by atoms with van der Waals surface area (Å²) in [6.07, 6.45) is 0. The van der Waals surface area contributed by atoms with Crippen molar-refractivity contribution in [1.29, 1.82) is 0 Å². The third-order valence-electron chi connectivity index (χ3n) is 2.25. The van der Waals surface area contributed by atoms with Crippen LogP contribution in [0.15, 0.2) is 18.2 Å². The second-order valence-electron chi connectivity index (χ2n) is 3.54. The number of nitrogens with zero attached hydrogens (tertiary/aromatic N) is 1. The average Bonchev–Trinajstić information content (AvgIpc) is 2.28. The third kappa shape index (κ3) is 3.17. The van der Waals surface area contributed by atoms with Gasteiger partial charge in [0.1, 0.15) is 11.4 Å². The quantitative estimate of drug-likeness (QED) is 0.749. The van der Waals surface area contributed by atoms with Crippen LogP contribution in [0.5, 0.6) is 0 Å². The zero-order chi connectivity index (χ0) is 13.7. The van der Waals surface area contributed by atoms with Crippen LogP contribution in [0.3, 0.4) is 0 Å². The Bertz CT molecular complexity index is 464. The maximum absolute atomic E-state index is 13.3. The molecule has 98 valence electrons. The van der Waals surface area contributed by atoms with Gasteiger partial charge in [-0.3, -0.25) is 0 Å². The lowest BCUT2D eigenvalue weighted by molar-refractivity contribution is 0.0693. The molecule has 0 aliphatic heterocycles. The molecular weight excluding hydrogens is 243 g/mol. The van der Waals surface area contributed by atoms with Gasteiger partial charge in [-0.2, -0.15) is 0 Å². The van der Waals surface area contributed by atoms with Crippen molar-refractivity contribution in [3.8, 4) is 0 Å². The maximum Gasteiger partial charge on any atom is 0.340 e. The first-order chi connectivity index (χ1) is 8.47. The van der Waals surface area contributed by atoms with Crippen molar-refractivity contribution in [3.63, 3.8) is 0 Å². The highest BCUT2D eigenvalue weighted by Crippen LogP contribution is 2.19. The number of amides is 2. The maximum atomic E-state index is 13.3. The van der Waals surface area contributed by atoms with E-state index >= 15 is 0 Å². The van der Waals surface area contributed by atoms with E-state index in [-0.39, 0.29) is 18.8 Å². The zero-order valence-corrected chi connectivity index (χ0v) is 9.68. The largest absolute Gasteiger partial charge is 0.478 e. The van der Waals surface area contributed by atoms with E-state index in [1.807, 2.05) is 0 Å². The summed E-state index contributed by atoms with van der Waals surface area (Å²) in [4.78, 5) is 23.6. The Morgan fingerprint density at radius 1 is 1.44 bits per heavy atom. The molecule has 0 saturated heterocycles. The van der Waals surface area contributed by atoms with Gasteiger partial charge in [0, 0.05) is 13.6 Å². The van der Waals surface area contributed by atoms with Crippen molar-refractivity contribution in [3.05, 3.63) is 29.6 Å². The lowest BCUT2D eigenvalue weighted by Gasteiger charge is -2.17. The summed E-state index contributed by atoms with van der Waals surface area (Å²) in [6, 6.07) is 2.95. The van der Waals surface area contributed by atoms with E-state index in [0.29, 0.717) is 0 Å². The number of carboxylic acids is 1. The number of aliphatic hydroxyl groups is 1. The summed E-state index contributed by atoms with van der Waals surface area (Å²) < 4.78 is 13.3. The fourth-order valence-electron chi connectivity index (χ4n) is 1.31. The second kappa shape index (κ2) is 5.97. The Kier molecular flexibility index (Phi) is 4.61. The van der Waals surface area contributed by atoms with E-state index < -0.39 is 23.4 Å². The van der Waals surface area contributed by atoms with E-state index in [9.17, 15) is 14.0 Å². The Balaban J connectivity index is 2.94. The van der Waals surface area contributed by atoms with E-state index in [1.54, 1.807) is 0 Å². The minimum Gasteiger partial charge on any atom is -0.478 e. The normalized spacial score (nSPS) is 9.94. The van der Waals surface area contributed by atoms with Gasteiger partial charge in [0.2, 0.25) is 0 Å². The van der Waals surface area contributed by atoms with Crippen LogP contribution < -0.4 is 5.32 Å². The molecule has 0 radical (unpaired) electrons. The molecule has 1 aromatic carbocycles. The SMILES string of the molecule is CN(CCO)C(=O)Nc1cccc(F)c1C(=O)O. The molecule has 6 nitrogen and oxygen atoms in total. The van der Waals surface area contributed by atoms with E-state index in [1.165, 1.54) is 19.2 Å². The number of carbonyl (C=O) groups is 2. The predicted octanol–water partition coefficient (Wildman–Crippen LogP) is 0.980. The first kappa shape index (κ1) is 13.9. The first-order valence-corrected chi connectivity index (χ1v) is 5.12. The number of benzene rings is 1. The van der Waals surface area contributed by atoms with Gasteiger partial charge in [0.05, 0.1) is 12.3 Å². The van der Waals surface area contributed by atoms with Crippen LogP contribution in [0, 0.1) is 5.82 Å². The van der Waals surface area contributed by atoms with Crippen molar-refractivity contribution in [2.45, 2.75) is 0 Å². The molecule has 18 heavy (non-hydrogen) atoms. The lowest BCUT2D eigenvalue weighted by Crippen LogP contribution is -2.34. The molecule has 0 unspecified atom stereocenters. The molecule has 3 N–H and O–H groups in total. The monoisotopic (exact) mass is 256 g/mol. The molecule has 1 rings (SSSR count). The minimum atomic E-state index is -1.46. The van der Waals surface area contributed by atoms with E-state index in [0.717, 1.165) is 11.0 Å². The summed E-state index contributed by atoms with van der Waals surface area (Å²) in [6.45, 7) is -0.136. The number of likely N-dealkylation sites (N-methyl/N-ethyl adjacent to an activating group) is 1. The van der Waals surface area contributed by atoms with Crippen LogP contribution in [0.2, 0.25) is 0 Å². The smallest absolute Gasteiger partial charge is 0.340 e. The number of hydrogen-bond acceptors (Lipinski definition) is 3. The van der Waals surface area contributed by atoms with Gasteiger partial charge >= 0.3 is 12.0 Å². The number of anilines is 1. The standard InChI is InChI=1S/C11H13FN2O4/c1-14(5-6-15)11(18)13-8-4-2-3-7(12)9(8)10(16)17/h2-4,15H,5-6H2,1H3,(H,13,18)(H,16,17). The molecule has 0 aliphatic rings.